The first-order chi connectivity index (χ1) is 8.11. The Kier molecular flexibility index (Phi) is 3.28. The van der Waals surface area contributed by atoms with Crippen molar-refractivity contribution < 1.29 is 4.52 Å². The number of nitrogens with zero attached hydrogens (tertiary/aromatic N) is 3. The molecule has 0 aliphatic heterocycles. The van der Waals surface area contributed by atoms with Crippen LogP contribution in [0.5, 0.6) is 0 Å². The zero-order valence-corrected chi connectivity index (χ0v) is 10.4. The Bertz CT molecular complexity index is 486. The van der Waals surface area contributed by atoms with E-state index in [1.807, 2.05) is 23.9 Å². The number of nitrogens with two attached hydrogens (primary N) is 1. The average Bonchev–Trinajstić information content (AvgIpc) is 2.95. The maximum absolute atomic E-state index is 5.88. The molecule has 0 spiro atoms. The minimum Gasteiger partial charge on any atom is -0.359 e. The van der Waals surface area contributed by atoms with Gasteiger partial charge in [0.15, 0.2) is 5.76 Å². The first kappa shape index (κ1) is 11.9. The SMILES string of the molecule is CCC(N)c1cc(-c2cnn(C(C)C)c2)no1. The lowest BCUT2D eigenvalue weighted by atomic mass is 10.1. The highest BCUT2D eigenvalue weighted by atomic mass is 16.5. The van der Waals surface area contributed by atoms with Crippen LogP contribution in [0.2, 0.25) is 0 Å². The standard InChI is InChI=1S/C12H18N4O/c1-4-10(13)12-5-11(15-17-12)9-6-14-16(7-9)8(2)3/h5-8,10H,4,13H2,1-3H3. The molecule has 2 rings (SSSR count). The minimum atomic E-state index is -0.0867. The maximum atomic E-state index is 5.88. The van der Waals surface area contributed by atoms with Crippen LogP contribution >= 0.6 is 0 Å². The van der Waals surface area contributed by atoms with E-state index in [2.05, 4.69) is 24.1 Å². The number of hydrogen-bond acceptors (Lipinski definition) is 4. The summed E-state index contributed by atoms with van der Waals surface area (Å²) in [5.74, 6) is 0.722. The van der Waals surface area contributed by atoms with Gasteiger partial charge >= 0.3 is 0 Å². The number of aromatic nitrogens is 3. The predicted octanol–water partition coefficient (Wildman–Crippen LogP) is 2.53. The van der Waals surface area contributed by atoms with E-state index in [9.17, 15) is 0 Å². The molecule has 17 heavy (non-hydrogen) atoms. The molecule has 2 heterocycles. The highest BCUT2D eigenvalue weighted by molar-refractivity contribution is 5.56. The molecule has 5 heteroatoms. The van der Waals surface area contributed by atoms with Gasteiger partial charge in [0, 0.05) is 23.9 Å². The van der Waals surface area contributed by atoms with Crippen molar-refractivity contribution in [1.29, 1.82) is 0 Å². The smallest absolute Gasteiger partial charge is 0.154 e. The third kappa shape index (κ3) is 2.39. The molecule has 1 unspecified atom stereocenters. The van der Waals surface area contributed by atoms with Crippen molar-refractivity contribution in [1.82, 2.24) is 14.9 Å². The maximum Gasteiger partial charge on any atom is 0.154 e. The van der Waals surface area contributed by atoms with Gasteiger partial charge in [-0.25, -0.2) is 0 Å². The molecule has 2 aromatic heterocycles. The zero-order valence-electron chi connectivity index (χ0n) is 10.4. The topological polar surface area (TPSA) is 69.9 Å². The van der Waals surface area contributed by atoms with Gasteiger partial charge in [0.1, 0.15) is 5.69 Å². The van der Waals surface area contributed by atoms with Gasteiger partial charge in [0.25, 0.3) is 0 Å². The molecule has 0 saturated carbocycles. The summed E-state index contributed by atoms with van der Waals surface area (Å²) in [7, 11) is 0. The lowest BCUT2D eigenvalue weighted by molar-refractivity contribution is 0.360. The van der Waals surface area contributed by atoms with Gasteiger partial charge in [0.2, 0.25) is 0 Å². The molecule has 0 aliphatic rings. The second-order valence-electron chi connectivity index (χ2n) is 4.43. The number of hydrogen-bond donors (Lipinski definition) is 1. The van der Waals surface area contributed by atoms with E-state index >= 15 is 0 Å². The highest BCUT2D eigenvalue weighted by Crippen LogP contribution is 2.23. The Hall–Kier alpha value is -1.62. The molecule has 0 saturated heterocycles. The van der Waals surface area contributed by atoms with Gasteiger partial charge in [-0.3, -0.25) is 4.68 Å². The Morgan fingerprint density at radius 3 is 2.82 bits per heavy atom. The minimum absolute atomic E-state index is 0.0867. The van der Waals surface area contributed by atoms with Crippen LogP contribution in [0, 0.1) is 0 Å². The van der Waals surface area contributed by atoms with E-state index in [4.69, 9.17) is 10.3 Å². The Balaban J connectivity index is 2.24. The molecule has 0 radical (unpaired) electrons. The van der Waals surface area contributed by atoms with Crippen molar-refractivity contribution >= 4 is 0 Å². The van der Waals surface area contributed by atoms with Crippen molar-refractivity contribution in [2.75, 3.05) is 0 Å². The molecule has 2 aromatic rings. The summed E-state index contributed by atoms with van der Waals surface area (Å²) < 4.78 is 7.12. The largest absolute Gasteiger partial charge is 0.359 e. The van der Waals surface area contributed by atoms with Crippen LogP contribution in [0.1, 0.15) is 45.0 Å². The van der Waals surface area contributed by atoms with Crippen molar-refractivity contribution in [2.24, 2.45) is 5.73 Å². The van der Waals surface area contributed by atoms with Crippen molar-refractivity contribution in [3.63, 3.8) is 0 Å². The Labute approximate surface area is 101 Å². The molecule has 0 fully saturated rings. The normalized spacial score (nSPS) is 13.2. The second kappa shape index (κ2) is 4.71. The quantitative estimate of drug-likeness (QED) is 0.882. The van der Waals surface area contributed by atoms with Gasteiger partial charge < -0.3 is 10.3 Å². The van der Waals surface area contributed by atoms with Gasteiger partial charge in [-0.1, -0.05) is 12.1 Å². The molecular formula is C12H18N4O. The monoisotopic (exact) mass is 234 g/mol. The molecule has 0 aliphatic carbocycles. The molecule has 1 atom stereocenters. The van der Waals surface area contributed by atoms with E-state index in [0.717, 1.165) is 23.4 Å². The lowest BCUT2D eigenvalue weighted by Crippen LogP contribution is -2.06. The van der Waals surface area contributed by atoms with Crippen LogP contribution in [-0.2, 0) is 0 Å². The molecule has 0 amide bonds. The summed E-state index contributed by atoms with van der Waals surface area (Å²) in [5.41, 5.74) is 7.63. The fourth-order valence-corrected chi connectivity index (χ4v) is 1.55. The van der Waals surface area contributed by atoms with E-state index in [-0.39, 0.29) is 6.04 Å². The first-order valence-electron chi connectivity index (χ1n) is 5.88. The number of rotatable bonds is 4. The van der Waals surface area contributed by atoms with Crippen LogP contribution in [0.3, 0.4) is 0 Å². The van der Waals surface area contributed by atoms with Crippen LogP contribution in [0.25, 0.3) is 11.3 Å². The Morgan fingerprint density at radius 1 is 1.47 bits per heavy atom. The summed E-state index contributed by atoms with van der Waals surface area (Å²) in [6, 6.07) is 2.14. The average molecular weight is 234 g/mol. The molecule has 2 N–H and O–H groups in total. The predicted molar refractivity (Wildman–Crippen MR) is 65.3 cm³/mol. The van der Waals surface area contributed by atoms with Crippen molar-refractivity contribution in [3.05, 3.63) is 24.2 Å². The van der Waals surface area contributed by atoms with Crippen molar-refractivity contribution in [2.45, 2.75) is 39.3 Å². The molecule has 5 nitrogen and oxygen atoms in total. The van der Waals surface area contributed by atoms with E-state index < -0.39 is 0 Å². The first-order valence-corrected chi connectivity index (χ1v) is 5.88. The fourth-order valence-electron chi connectivity index (χ4n) is 1.55. The van der Waals surface area contributed by atoms with Crippen LogP contribution in [0.15, 0.2) is 23.0 Å². The lowest BCUT2D eigenvalue weighted by Gasteiger charge is -2.02. The highest BCUT2D eigenvalue weighted by Gasteiger charge is 2.13. The summed E-state index contributed by atoms with van der Waals surface area (Å²) in [5, 5.41) is 8.29. The summed E-state index contributed by atoms with van der Waals surface area (Å²) in [6.45, 7) is 6.18. The van der Waals surface area contributed by atoms with Gasteiger partial charge in [-0.2, -0.15) is 5.10 Å². The fraction of sp³-hybridized carbons (Fsp3) is 0.500. The summed E-state index contributed by atoms with van der Waals surface area (Å²) in [4.78, 5) is 0. The Morgan fingerprint density at radius 2 is 2.24 bits per heavy atom. The molecule has 0 aromatic carbocycles. The van der Waals surface area contributed by atoms with Crippen LogP contribution in [0.4, 0.5) is 0 Å². The second-order valence-corrected chi connectivity index (χ2v) is 4.43. The van der Waals surface area contributed by atoms with E-state index in [1.54, 1.807) is 6.20 Å². The molecular weight excluding hydrogens is 216 g/mol. The van der Waals surface area contributed by atoms with Crippen LogP contribution in [-0.4, -0.2) is 14.9 Å². The van der Waals surface area contributed by atoms with Gasteiger partial charge in [0.05, 0.1) is 12.2 Å². The van der Waals surface area contributed by atoms with Gasteiger partial charge in [-0.15, -0.1) is 0 Å². The van der Waals surface area contributed by atoms with Crippen molar-refractivity contribution in [3.8, 4) is 11.3 Å². The van der Waals surface area contributed by atoms with Gasteiger partial charge in [-0.05, 0) is 20.3 Å². The van der Waals surface area contributed by atoms with Crippen LogP contribution < -0.4 is 5.73 Å². The third-order valence-electron chi connectivity index (χ3n) is 2.76. The summed E-state index contributed by atoms with van der Waals surface area (Å²) in [6.07, 6.45) is 4.59. The molecule has 92 valence electrons. The van der Waals surface area contributed by atoms with E-state index in [0.29, 0.717) is 6.04 Å². The van der Waals surface area contributed by atoms with E-state index in [1.165, 1.54) is 0 Å². The third-order valence-corrected chi connectivity index (χ3v) is 2.76. The zero-order chi connectivity index (χ0) is 12.4. The summed E-state index contributed by atoms with van der Waals surface area (Å²) >= 11 is 0. The molecule has 0 bridgehead atoms.